The molecule has 35 heavy (non-hydrogen) atoms. The molecule has 4 atom stereocenters. The second-order valence-corrected chi connectivity index (χ2v) is 10.1. The predicted molar refractivity (Wildman–Crippen MR) is 126 cm³/mol. The molecule has 8 heteroatoms. The van der Waals surface area contributed by atoms with E-state index in [1.807, 2.05) is 24.3 Å². The Labute approximate surface area is 203 Å². The van der Waals surface area contributed by atoms with Crippen molar-refractivity contribution in [3.8, 4) is 11.1 Å². The van der Waals surface area contributed by atoms with Crippen LogP contribution in [0.15, 0.2) is 48.5 Å². The van der Waals surface area contributed by atoms with Crippen molar-refractivity contribution >= 4 is 18.0 Å². The Morgan fingerprint density at radius 1 is 1.06 bits per heavy atom. The summed E-state index contributed by atoms with van der Waals surface area (Å²) in [4.78, 5) is 39.6. The Morgan fingerprint density at radius 3 is 2.37 bits per heavy atom. The summed E-state index contributed by atoms with van der Waals surface area (Å²) in [5.41, 5.74) is 3.36. The summed E-state index contributed by atoms with van der Waals surface area (Å²) in [6, 6.07) is 16.3. The van der Waals surface area contributed by atoms with Gasteiger partial charge in [0.05, 0.1) is 12.5 Å². The van der Waals surface area contributed by atoms with E-state index in [1.165, 1.54) is 0 Å². The molecule has 2 N–H and O–H groups in total. The van der Waals surface area contributed by atoms with Crippen molar-refractivity contribution < 1.29 is 29.0 Å². The number of rotatable bonds is 5. The highest BCUT2D eigenvalue weighted by atomic mass is 16.6. The summed E-state index contributed by atoms with van der Waals surface area (Å²) < 4.78 is 11.2. The van der Waals surface area contributed by atoms with Crippen LogP contribution in [0.1, 0.15) is 29.9 Å². The van der Waals surface area contributed by atoms with Crippen LogP contribution in [-0.4, -0.2) is 66.4 Å². The highest BCUT2D eigenvalue weighted by molar-refractivity contribution is 5.91. The fraction of sp³-hybridized carbons (Fsp3) is 0.444. The van der Waals surface area contributed by atoms with E-state index in [-0.39, 0.29) is 42.8 Å². The number of alkyl carbamates (subject to hydrolysis) is 1. The maximum atomic E-state index is 13.5. The largest absolute Gasteiger partial charge is 0.481 e. The number of fused-ring (bicyclic) bond motifs is 4. The molecule has 1 saturated carbocycles. The average molecular weight is 477 g/mol. The molecule has 2 aromatic rings. The number of carbonyl (C=O) groups is 3. The van der Waals surface area contributed by atoms with E-state index in [9.17, 15) is 19.5 Å². The van der Waals surface area contributed by atoms with Crippen LogP contribution in [0.4, 0.5) is 4.79 Å². The molecule has 3 fully saturated rings. The Hall–Kier alpha value is -3.39. The zero-order chi connectivity index (χ0) is 24.2. The quantitative estimate of drug-likeness (QED) is 0.688. The lowest BCUT2D eigenvalue weighted by atomic mass is 9.95. The number of carbonyl (C=O) groups excluding carboxylic acids is 2. The number of hydrogen-bond acceptors (Lipinski definition) is 5. The minimum Gasteiger partial charge on any atom is -0.481 e. The first-order valence-corrected chi connectivity index (χ1v) is 12.2. The number of hydrogen-bond donors (Lipinski definition) is 2. The second kappa shape index (κ2) is 8.37. The number of piperidine rings is 1. The van der Waals surface area contributed by atoms with E-state index in [0.29, 0.717) is 32.5 Å². The first kappa shape index (κ1) is 22.1. The van der Waals surface area contributed by atoms with E-state index in [0.717, 1.165) is 22.3 Å². The third-order valence-corrected chi connectivity index (χ3v) is 8.18. The van der Waals surface area contributed by atoms with E-state index in [4.69, 9.17) is 9.47 Å². The summed E-state index contributed by atoms with van der Waals surface area (Å²) in [6.45, 7) is 1.53. The lowest BCUT2D eigenvalue weighted by molar-refractivity contribution is -0.141. The maximum Gasteiger partial charge on any atom is 0.408 e. The van der Waals surface area contributed by atoms with Gasteiger partial charge in [-0.3, -0.25) is 9.59 Å². The number of benzene rings is 2. The third kappa shape index (κ3) is 3.67. The third-order valence-electron chi connectivity index (χ3n) is 8.18. The number of ether oxygens (including phenoxy) is 2. The molecule has 8 nitrogen and oxygen atoms in total. The predicted octanol–water partition coefficient (Wildman–Crippen LogP) is 2.86. The lowest BCUT2D eigenvalue weighted by Crippen LogP contribution is -2.61. The molecule has 0 bridgehead atoms. The van der Waals surface area contributed by atoms with E-state index < -0.39 is 17.6 Å². The van der Waals surface area contributed by atoms with Crippen LogP contribution in [0.25, 0.3) is 11.1 Å². The van der Waals surface area contributed by atoms with Crippen molar-refractivity contribution in [1.29, 1.82) is 0 Å². The smallest absolute Gasteiger partial charge is 0.408 e. The van der Waals surface area contributed by atoms with Crippen molar-refractivity contribution in [2.45, 2.75) is 24.3 Å². The van der Waals surface area contributed by atoms with Crippen LogP contribution in [0.5, 0.6) is 0 Å². The van der Waals surface area contributed by atoms with Crippen molar-refractivity contribution in [2.75, 3.05) is 32.9 Å². The van der Waals surface area contributed by atoms with Crippen LogP contribution in [-0.2, 0) is 19.1 Å². The van der Waals surface area contributed by atoms with Gasteiger partial charge in [-0.05, 0) is 40.5 Å². The normalized spacial score (nSPS) is 28.6. The molecule has 2 heterocycles. The number of nitrogens with zero attached hydrogens (tertiary/aromatic N) is 1. The fourth-order valence-electron chi connectivity index (χ4n) is 6.31. The zero-order valence-corrected chi connectivity index (χ0v) is 19.3. The molecule has 2 aliphatic heterocycles. The molecule has 2 unspecified atom stereocenters. The number of likely N-dealkylation sites (tertiary alicyclic amines) is 1. The van der Waals surface area contributed by atoms with Crippen molar-refractivity contribution in [3.05, 3.63) is 59.7 Å². The van der Waals surface area contributed by atoms with Gasteiger partial charge in [0.2, 0.25) is 0 Å². The molecular weight excluding hydrogens is 448 g/mol. The summed E-state index contributed by atoms with van der Waals surface area (Å²) in [5.74, 6) is -1.27. The number of amides is 2. The monoisotopic (exact) mass is 476 g/mol. The summed E-state index contributed by atoms with van der Waals surface area (Å²) in [6.07, 6.45) is 0.397. The van der Waals surface area contributed by atoms with Crippen LogP contribution < -0.4 is 5.32 Å². The van der Waals surface area contributed by atoms with Crippen molar-refractivity contribution in [2.24, 2.45) is 17.8 Å². The molecule has 0 spiro atoms. The Morgan fingerprint density at radius 2 is 1.74 bits per heavy atom. The Kier molecular flexibility index (Phi) is 5.29. The minimum absolute atomic E-state index is 0.000902. The molecule has 6 rings (SSSR count). The average Bonchev–Trinajstić information content (AvgIpc) is 3.25. The summed E-state index contributed by atoms with van der Waals surface area (Å²) in [7, 11) is 0. The number of carboxylic acid groups (broad SMARTS) is 1. The highest BCUT2D eigenvalue weighted by Gasteiger charge is 2.59. The minimum atomic E-state index is -1.18. The van der Waals surface area contributed by atoms with Gasteiger partial charge in [-0.2, -0.15) is 0 Å². The van der Waals surface area contributed by atoms with Crippen molar-refractivity contribution in [1.82, 2.24) is 10.2 Å². The molecular formula is C27H28N2O6. The topological polar surface area (TPSA) is 105 Å². The van der Waals surface area contributed by atoms with Gasteiger partial charge in [0.1, 0.15) is 12.1 Å². The molecule has 4 aliphatic rings. The molecule has 0 aromatic heterocycles. The van der Waals surface area contributed by atoms with Gasteiger partial charge in [-0.15, -0.1) is 0 Å². The van der Waals surface area contributed by atoms with Crippen LogP contribution >= 0.6 is 0 Å². The maximum absolute atomic E-state index is 13.5. The van der Waals surface area contributed by atoms with Gasteiger partial charge in [-0.25, -0.2) is 4.79 Å². The first-order valence-electron chi connectivity index (χ1n) is 12.2. The van der Waals surface area contributed by atoms with Crippen LogP contribution in [0.3, 0.4) is 0 Å². The SMILES string of the molecule is O=C(NC1(C(=O)N2CC[C@H]3C(C(=O)O)[C@H]3C2)CCOC1)OCC1c2ccccc2-c2ccccc21. The second-order valence-electron chi connectivity index (χ2n) is 10.1. The van der Waals surface area contributed by atoms with E-state index >= 15 is 0 Å². The van der Waals surface area contributed by atoms with Crippen LogP contribution in [0.2, 0.25) is 0 Å². The Balaban J connectivity index is 1.13. The molecule has 2 aliphatic carbocycles. The van der Waals surface area contributed by atoms with E-state index in [1.54, 1.807) is 4.90 Å². The van der Waals surface area contributed by atoms with Gasteiger partial charge in [0.15, 0.2) is 0 Å². The van der Waals surface area contributed by atoms with Gasteiger partial charge < -0.3 is 24.8 Å². The van der Waals surface area contributed by atoms with Crippen molar-refractivity contribution in [3.63, 3.8) is 0 Å². The van der Waals surface area contributed by atoms with Gasteiger partial charge in [0, 0.05) is 32.0 Å². The number of carboxylic acids is 1. The van der Waals surface area contributed by atoms with Crippen LogP contribution in [0, 0.1) is 17.8 Å². The molecule has 2 saturated heterocycles. The molecule has 0 radical (unpaired) electrons. The number of aliphatic carboxylic acids is 1. The van der Waals surface area contributed by atoms with Gasteiger partial charge in [0.25, 0.3) is 5.91 Å². The molecule has 2 amide bonds. The first-order chi connectivity index (χ1) is 17.0. The number of nitrogens with one attached hydrogen (secondary N) is 1. The Bertz CT molecular complexity index is 1140. The fourth-order valence-corrected chi connectivity index (χ4v) is 6.31. The summed E-state index contributed by atoms with van der Waals surface area (Å²) >= 11 is 0. The lowest BCUT2D eigenvalue weighted by Gasteiger charge is -2.35. The standard InChI is InChI=1S/C27H28N2O6/c30-24(31)23-20-9-11-29(13-21(20)23)25(32)27(10-12-34-15-27)28-26(33)35-14-22-18-7-3-1-5-16(18)17-6-2-4-8-19(17)22/h1-8,20-23H,9-15H2,(H,28,33)(H,30,31)/t20-,21+,23?,27?/m1/s1. The molecule has 2 aromatic carbocycles. The van der Waals surface area contributed by atoms with Gasteiger partial charge in [-0.1, -0.05) is 48.5 Å². The van der Waals surface area contributed by atoms with Gasteiger partial charge >= 0.3 is 12.1 Å². The molecule has 182 valence electrons. The highest BCUT2D eigenvalue weighted by Crippen LogP contribution is 2.52. The zero-order valence-electron chi connectivity index (χ0n) is 19.3. The van der Waals surface area contributed by atoms with E-state index in [2.05, 4.69) is 29.6 Å². The summed E-state index contributed by atoms with van der Waals surface area (Å²) in [5, 5.41) is 12.2.